The monoisotopic (exact) mass is 425 g/mol. The fourth-order valence-electron chi connectivity index (χ4n) is 5.06. The van der Waals surface area contributed by atoms with Crippen molar-refractivity contribution in [3.63, 3.8) is 0 Å². The Balaban J connectivity index is 1.57. The summed E-state index contributed by atoms with van der Waals surface area (Å²) in [5, 5.41) is 13.2. The third-order valence-electron chi connectivity index (χ3n) is 6.81. The normalized spacial score (nSPS) is 26.5. The molecular formula is C23H24FN3O4. The van der Waals surface area contributed by atoms with E-state index in [-0.39, 0.29) is 30.5 Å². The van der Waals surface area contributed by atoms with Gasteiger partial charge in [-0.05, 0) is 49.1 Å². The number of hydrogen-bond acceptors (Lipinski definition) is 4. The zero-order valence-corrected chi connectivity index (χ0v) is 16.9. The van der Waals surface area contributed by atoms with E-state index in [0.717, 1.165) is 12.8 Å². The average molecular weight is 425 g/mol. The molecule has 8 heteroatoms. The molecule has 2 aliphatic heterocycles. The average Bonchev–Trinajstić information content (AvgIpc) is 3.56. The van der Waals surface area contributed by atoms with Crippen LogP contribution >= 0.6 is 0 Å². The molecule has 1 saturated heterocycles. The summed E-state index contributed by atoms with van der Waals surface area (Å²) in [6.45, 7) is 0.507. The van der Waals surface area contributed by atoms with E-state index >= 15 is 0 Å². The second-order valence-corrected chi connectivity index (χ2v) is 8.69. The van der Waals surface area contributed by atoms with Gasteiger partial charge in [-0.3, -0.25) is 14.4 Å². The van der Waals surface area contributed by atoms with Crippen molar-refractivity contribution < 1.29 is 19.1 Å². The van der Waals surface area contributed by atoms with Crippen molar-refractivity contribution in [3.05, 3.63) is 69.9 Å². The van der Waals surface area contributed by atoms with Gasteiger partial charge in [-0.1, -0.05) is 6.07 Å². The Morgan fingerprint density at radius 2 is 1.87 bits per heavy atom. The fourth-order valence-corrected chi connectivity index (χ4v) is 5.06. The molecular weight excluding hydrogens is 401 g/mol. The van der Waals surface area contributed by atoms with Crippen molar-refractivity contribution in [3.8, 4) is 0 Å². The van der Waals surface area contributed by atoms with Crippen LogP contribution in [0, 0.1) is 23.6 Å². The quantitative estimate of drug-likeness (QED) is 0.756. The number of carbonyl (C=O) groups excluding carboxylic acids is 2. The van der Waals surface area contributed by atoms with Crippen LogP contribution in [0.25, 0.3) is 0 Å². The van der Waals surface area contributed by atoms with Gasteiger partial charge in [0.25, 0.3) is 11.5 Å². The second kappa shape index (κ2) is 7.60. The van der Waals surface area contributed by atoms with Crippen LogP contribution < -0.4 is 10.9 Å². The van der Waals surface area contributed by atoms with Crippen LogP contribution in [0.3, 0.4) is 0 Å². The molecule has 2 amide bonds. The molecule has 5 rings (SSSR count). The summed E-state index contributed by atoms with van der Waals surface area (Å²) in [6, 6.07) is 8.92. The van der Waals surface area contributed by atoms with Gasteiger partial charge in [-0.25, -0.2) is 4.39 Å². The second-order valence-electron chi connectivity index (χ2n) is 8.69. The maximum absolute atomic E-state index is 13.5. The molecule has 3 aliphatic rings. The Morgan fingerprint density at radius 3 is 2.55 bits per heavy atom. The van der Waals surface area contributed by atoms with E-state index in [4.69, 9.17) is 0 Å². The first-order chi connectivity index (χ1) is 15.0. The zero-order chi connectivity index (χ0) is 21.7. The molecule has 0 unspecified atom stereocenters. The molecule has 7 nitrogen and oxygen atoms in total. The Bertz CT molecular complexity index is 1080. The highest BCUT2D eigenvalue weighted by Crippen LogP contribution is 2.48. The highest BCUT2D eigenvalue weighted by Gasteiger charge is 2.57. The SMILES string of the molecule is O=C(NCC1CC1)[C@@H]1[C@@H](CO)[C@@H]2Cn3c(cccc3=O)[C@H]1N2C(=O)c1ccc(F)cc1. The van der Waals surface area contributed by atoms with Gasteiger partial charge in [0, 0.05) is 42.9 Å². The summed E-state index contributed by atoms with van der Waals surface area (Å²) in [6.07, 6.45) is 2.18. The summed E-state index contributed by atoms with van der Waals surface area (Å²) >= 11 is 0. The number of hydrogen-bond donors (Lipinski definition) is 2. The molecule has 0 radical (unpaired) electrons. The van der Waals surface area contributed by atoms with Crippen molar-refractivity contribution >= 4 is 11.8 Å². The number of nitrogens with zero attached hydrogens (tertiary/aromatic N) is 2. The maximum Gasteiger partial charge on any atom is 0.254 e. The minimum absolute atomic E-state index is 0.197. The summed E-state index contributed by atoms with van der Waals surface area (Å²) in [5.41, 5.74) is 0.692. The Morgan fingerprint density at radius 1 is 1.13 bits per heavy atom. The molecule has 2 bridgehead atoms. The zero-order valence-electron chi connectivity index (χ0n) is 16.9. The number of halogens is 1. The molecule has 1 aromatic heterocycles. The standard InChI is InChI=1S/C23H24FN3O4/c24-15-8-6-14(7-9-15)23(31)27-18-11-26-17(2-1-3-19(26)29)21(27)20(16(18)12-28)22(30)25-10-13-4-5-13/h1-3,6-9,13,16,18,20-21,28H,4-5,10-12H2,(H,25,30)/t16-,18-,20+,21+/m0/s1. The van der Waals surface area contributed by atoms with Crippen LogP contribution in [0.4, 0.5) is 4.39 Å². The van der Waals surface area contributed by atoms with E-state index in [9.17, 15) is 23.9 Å². The third kappa shape index (κ3) is 3.35. The summed E-state index contributed by atoms with van der Waals surface area (Å²) < 4.78 is 15.0. The van der Waals surface area contributed by atoms with Gasteiger partial charge in [-0.15, -0.1) is 0 Å². The van der Waals surface area contributed by atoms with E-state index in [1.54, 1.807) is 21.6 Å². The molecule has 2 fully saturated rings. The molecule has 31 heavy (non-hydrogen) atoms. The molecule has 1 aromatic carbocycles. The summed E-state index contributed by atoms with van der Waals surface area (Å²) in [4.78, 5) is 40.8. The van der Waals surface area contributed by atoms with Crippen LogP contribution in [-0.4, -0.2) is 45.6 Å². The lowest BCUT2D eigenvalue weighted by atomic mass is 9.86. The van der Waals surface area contributed by atoms with Crippen molar-refractivity contribution in [2.75, 3.05) is 13.2 Å². The summed E-state index contributed by atoms with van der Waals surface area (Å²) in [5.74, 6) is -1.68. The number of carbonyl (C=O) groups is 2. The minimum atomic E-state index is -0.679. The Labute approximate surface area is 178 Å². The van der Waals surface area contributed by atoms with E-state index in [1.807, 2.05) is 0 Å². The molecule has 2 N–H and O–H groups in total. The van der Waals surface area contributed by atoms with Crippen molar-refractivity contribution in [2.24, 2.45) is 17.8 Å². The highest BCUT2D eigenvalue weighted by molar-refractivity contribution is 5.96. The van der Waals surface area contributed by atoms with Crippen LogP contribution in [0.2, 0.25) is 0 Å². The molecule has 1 saturated carbocycles. The number of rotatable bonds is 5. The minimum Gasteiger partial charge on any atom is -0.396 e. The predicted molar refractivity (Wildman–Crippen MR) is 110 cm³/mol. The van der Waals surface area contributed by atoms with Gasteiger partial charge in [-0.2, -0.15) is 0 Å². The molecule has 2 aromatic rings. The molecule has 4 atom stereocenters. The lowest BCUT2D eigenvalue weighted by molar-refractivity contribution is -0.127. The lowest BCUT2D eigenvalue weighted by Crippen LogP contribution is -2.49. The first-order valence-electron chi connectivity index (χ1n) is 10.7. The number of pyridine rings is 1. The molecule has 0 spiro atoms. The van der Waals surface area contributed by atoms with Crippen molar-refractivity contribution in [1.82, 2.24) is 14.8 Å². The van der Waals surface area contributed by atoms with Gasteiger partial charge < -0.3 is 19.9 Å². The number of benzene rings is 1. The number of nitrogens with one attached hydrogen (secondary N) is 1. The number of fused-ring (bicyclic) bond motifs is 4. The number of aromatic nitrogens is 1. The number of aliphatic hydroxyl groups excluding tert-OH is 1. The summed E-state index contributed by atoms with van der Waals surface area (Å²) in [7, 11) is 0. The van der Waals surface area contributed by atoms with Gasteiger partial charge in [0.1, 0.15) is 5.82 Å². The van der Waals surface area contributed by atoms with Gasteiger partial charge in [0.15, 0.2) is 0 Å². The first kappa shape index (κ1) is 19.9. The van der Waals surface area contributed by atoms with Gasteiger partial charge in [0.05, 0.1) is 18.0 Å². The number of amides is 2. The maximum atomic E-state index is 13.5. The van der Waals surface area contributed by atoms with Gasteiger partial charge in [0.2, 0.25) is 5.91 Å². The highest BCUT2D eigenvalue weighted by atomic mass is 19.1. The Kier molecular flexibility index (Phi) is 4.89. The largest absolute Gasteiger partial charge is 0.396 e. The predicted octanol–water partition coefficient (Wildman–Crippen LogP) is 1.32. The van der Waals surface area contributed by atoms with Crippen molar-refractivity contribution in [1.29, 1.82) is 0 Å². The van der Waals surface area contributed by atoms with Crippen LogP contribution in [0.1, 0.15) is 34.9 Å². The van der Waals surface area contributed by atoms with Crippen LogP contribution in [0.15, 0.2) is 47.3 Å². The van der Waals surface area contributed by atoms with Crippen molar-refractivity contribution in [2.45, 2.75) is 31.5 Å². The number of aliphatic hydroxyl groups is 1. The van der Waals surface area contributed by atoms with Gasteiger partial charge >= 0.3 is 0 Å². The smallest absolute Gasteiger partial charge is 0.254 e. The van der Waals surface area contributed by atoms with E-state index in [1.165, 1.54) is 30.3 Å². The lowest BCUT2D eigenvalue weighted by Gasteiger charge is -2.38. The first-order valence-corrected chi connectivity index (χ1v) is 10.7. The fraction of sp³-hybridized carbons (Fsp3) is 0.435. The molecule has 162 valence electrons. The van der Waals surface area contributed by atoms with E-state index in [0.29, 0.717) is 23.7 Å². The van der Waals surface area contributed by atoms with E-state index in [2.05, 4.69) is 5.32 Å². The van der Waals surface area contributed by atoms with E-state index < -0.39 is 29.7 Å². The van der Waals surface area contributed by atoms with Crippen LogP contribution in [0.5, 0.6) is 0 Å². The Hall–Kier alpha value is -3.00. The topological polar surface area (TPSA) is 91.6 Å². The molecule has 1 aliphatic carbocycles. The third-order valence-corrected chi connectivity index (χ3v) is 6.81. The molecule has 3 heterocycles. The van der Waals surface area contributed by atoms with Crippen LogP contribution in [-0.2, 0) is 11.3 Å².